The van der Waals surface area contributed by atoms with E-state index in [0.717, 1.165) is 5.56 Å². The van der Waals surface area contributed by atoms with Crippen LogP contribution in [0.4, 0.5) is 0 Å². The molecule has 0 bridgehead atoms. The molecule has 1 N–H and O–H groups in total. The van der Waals surface area contributed by atoms with Gasteiger partial charge in [-0.3, -0.25) is 9.59 Å². The number of carbonyl (C=O) groups excluding carboxylic acids is 2. The molecule has 5 heteroatoms. The summed E-state index contributed by atoms with van der Waals surface area (Å²) in [6.07, 6.45) is 0.310. The molecular weight excluding hydrogens is 276 g/mol. The molecule has 1 saturated heterocycles. The number of likely N-dealkylation sites (tertiary alicyclic amines) is 1. The van der Waals surface area contributed by atoms with Gasteiger partial charge < -0.3 is 10.2 Å². The number of benzene rings is 1. The summed E-state index contributed by atoms with van der Waals surface area (Å²) in [6, 6.07) is 7.49. The zero-order chi connectivity index (χ0) is 14.7. The topological polar surface area (TPSA) is 49.4 Å². The normalized spacial score (nSPS) is 18.7. The van der Waals surface area contributed by atoms with E-state index in [-0.39, 0.29) is 23.8 Å². The number of nitrogens with zero attached hydrogens (tertiary/aromatic N) is 1. The second-order valence-corrected chi connectivity index (χ2v) is 5.82. The number of hydrogen-bond acceptors (Lipinski definition) is 2. The molecule has 1 aliphatic rings. The van der Waals surface area contributed by atoms with E-state index in [1.165, 1.54) is 0 Å². The Morgan fingerprint density at radius 1 is 1.40 bits per heavy atom. The number of halogens is 1. The van der Waals surface area contributed by atoms with Gasteiger partial charge in [-0.1, -0.05) is 23.7 Å². The molecule has 1 aromatic rings. The molecule has 0 unspecified atom stereocenters. The largest absolute Gasteiger partial charge is 0.352 e. The third-order valence-electron chi connectivity index (χ3n) is 3.53. The molecule has 0 aliphatic carbocycles. The molecule has 2 amide bonds. The maximum atomic E-state index is 12.1. The predicted octanol–water partition coefficient (Wildman–Crippen LogP) is 2.21. The van der Waals surface area contributed by atoms with Gasteiger partial charge in [0.15, 0.2) is 0 Å². The van der Waals surface area contributed by atoms with Crippen LogP contribution in [0.3, 0.4) is 0 Å². The second-order valence-electron chi connectivity index (χ2n) is 5.39. The van der Waals surface area contributed by atoms with E-state index < -0.39 is 0 Å². The van der Waals surface area contributed by atoms with Crippen LogP contribution in [-0.4, -0.2) is 29.3 Å². The second kappa shape index (κ2) is 6.27. The van der Waals surface area contributed by atoms with Crippen LogP contribution in [0.2, 0.25) is 5.02 Å². The minimum absolute atomic E-state index is 0.0588. The van der Waals surface area contributed by atoms with Crippen molar-refractivity contribution in [1.82, 2.24) is 10.2 Å². The molecular formula is C15H19ClN2O2. The van der Waals surface area contributed by atoms with Gasteiger partial charge in [-0.2, -0.15) is 0 Å². The summed E-state index contributed by atoms with van der Waals surface area (Å²) in [6.45, 7) is 4.91. The van der Waals surface area contributed by atoms with E-state index in [1.807, 2.05) is 26.0 Å². The first-order chi connectivity index (χ1) is 9.47. The van der Waals surface area contributed by atoms with Crippen LogP contribution in [0.1, 0.15) is 25.8 Å². The third kappa shape index (κ3) is 3.51. The van der Waals surface area contributed by atoms with Gasteiger partial charge in [0, 0.05) is 30.6 Å². The number of amides is 2. The number of nitrogens with one attached hydrogen (secondary N) is 1. The Morgan fingerprint density at radius 3 is 2.60 bits per heavy atom. The van der Waals surface area contributed by atoms with Crippen molar-refractivity contribution in [2.45, 2.75) is 32.9 Å². The summed E-state index contributed by atoms with van der Waals surface area (Å²) in [4.78, 5) is 25.6. The first-order valence-electron chi connectivity index (χ1n) is 6.79. The Labute approximate surface area is 124 Å². The van der Waals surface area contributed by atoms with Crippen molar-refractivity contribution in [3.05, 3.63) is 34.9 Å². The highest BCUT2D eigenvalue weighted by atomic mass is 35.5. The van der Waals surface area contributed by atoms with E-state index >= 15 is 0 Å². The highest BCUT2D eigenvalue weighted by Crippen LogP contribution is 2.20. The van der Waals surface area contributed by atoms with E-state index in [1.54, 1.807) is 17.0 Å². The van der Waals surface area contributed by atoms with E-state index in [4.69, 9.17) is 11.6 Å². The first kappa shape index (κ1) is 14.9. The van der Waals surface area contributed by atoms with Gasteiger partial charge >= 0.3 is 0 Å². The van der Waals surface area contributed by atoms with Crippen molar-refractivity contribution in [3.8, 4) is 0 Å². The van der Waals surface area contributed by atoms with Crippen LogP contribution in [0.5, 0.6) is 0 Å². The minimum atomic E-state index is -0.239. The summed E-state index contributed by atoms with van der Waals surface area (Å²) in [7, 11) is 0. The molecule has 1 heterocycles. The summed E-state index contributed by atoms with van der Waals surface area (Å²) in [5, 5.41) is 3.55. The highest BCUT2D eigenvalue weighted by molar-refractivity contribution is 6.30. The lowest BCUT2D eigenvalue weighted by molar-refractivity contribution is -0.129. The first-order valence-corrected chi connectivity index (χ1v) is 7.17. The molecule has 0 aromatic heterocycles. The van der Waals surface area contributed by atoms with Gasteiger partial charge in [-0.05, 0) is 31.5 Å². The number of rotatable bonds is 4. The fourth-order valence-corrected chi connectivity index (χ4v) is 2.47. The molecule has 1 fully saturated rings. The summed E-state index contributed by atoms with van der Waals surface area (Å²) >= 11 is 5.81. The Bertz CT molecular complexity index is 499. The van der Waals surface area contributed by atoms with Crippen LogP contribution < -0.4 is 5.32 Å². The Hall–Kier alpha value is -1.55. The van der Waals surface area contributed by atoms with Crippen LogP contribution in [0, 0.1) is 5.92 Å². The quantitative estimate of drug-likeness (QED) is 0.925. The smallest absolute Gasteiger partial charge is 0.225 e. The van der Waals surface area contributed by atoms with E-state index in [0.29, 0.717) is 24.5 Å². The van der Waals surface area contributed by atoms with Crippen molar-refractivity contribution >= 4 is 23.4 Å². The molecule has 2 rings (SSSR count). The molecule has 108 valence electrons. The lowest BCUT2D eigenvalue weighted by atomic mass is 10.1. The van der Waals surface area contributed by atoms with Crippen molar-refractivity contribution in [3.63, 3.8) is 0 Å². The summed E-state index contributed by atoms with van der Waals surface area (Å²) in [5.41, 5.74) is 0.993. The van der Waals surface area contributed by atoms with Gasteiger partial charge in [0.25, 0.3) is 0 Å². The van der Waals surface area contributed by atoms with Crippen LogP contribution >= 0.6 is 11.6 Å². The average Bonchev–Trinajstić information content (AvgIpc) is 2.80. The zero-order valence-corrected chi connectivity index (χ0v) is 12.5. The molecule has 1 atom stereocenters. The molecule has 0 spiro atoms. The fraction of sp³-hybridized carbons (Fsp3) is 0.467. The summed E-state index contributed by atoms with van der Waals surface area (Å²) < 4.78 is 0. The molecule has 0 saturated carbocycles. The Kier molecular flexibility index (Phi) is 4.65. The molecule has 1 aromatic carbocycles. The monoisotopic (exact) mass is 294 g/mol. The lowest BCUT2D eigenvalue weighted by Crippen LogP contribution is -2.35. The van der Waals surface area contributed by atoms with Crippen LogP contribution in [-0.2, 0) is 16.1 Å². The molecule has 1 aliphatic heterocycles. The maximum absolute atomic E-state index is 12.1. The highest BCUT2D eigenvalue weighted by Gasteiger charge is 2.35. The number of hydrogen-bond donors (Lipinski definition) is 1. The van der Waals surface area contributed by atoms with Crippen molar-refractivity contribution in [1.29, 1.82) is 0 Å². The predicted molar refractivity (Wildman–Crippen MR) is 78.3 cm³/mol. The van der Waals surface area contributed by atoms with Crippen molar-refractivity contribution in [2.75, 3.05) is 6.54 Å². The minimum Gasteiger partial charge on any atom is -0.352 e. The lowest BCUT2D eigenvalue weighted by Gasteiger charge is -2.20. The van der Waals surface area contributed by atoms with Gasteiger partial charge in [0.05, 0.1) is 5.92 Å². The van der Waals surface area contributed by atoms with Gasteiger partial charge in [0.1, 0.15) is 0 Å². The van der Waals surface area contributed by atoms with Crippen molar-refractivity contribution < 1.29 is 9.59 Å². The van der Waals surface area contributed by atoms with Gasteiger partial charge in [-0.25, -0.2) is 0 Å². The SMILES string of the molecule is CC(C)N1C[C@@H](C(=O)NCc2ccc(Cl)cc2)CC1=O. The number of carbonyl (C=O) groups is 2. The molecule has 4 nitrogen and oxygen atoms in total. The van der Waals surface area contributed by atoms with E-state index in [9.17, 15) is 9.59 Å². The van der Waals surface area contributed by atoms with Crippen molar-refractivity contribution in [2.24, 2.45) is 5.92 Å². The maximum Gasteiger partial charge on any atom is 0.225 e. The Balaban J connectivity index is 1.87. The van der Waals surface area contributed by atoms with E-state index in [2.05, 4.69) is 5.32 Å². The zero-order valence-electron chi connectivity index (χ0n) is 11.7. The third-order valence-corrected chi connectivity index (χ3v) is 3.78. The average molecular weight is 295 g/mol. The van der Waals surface area contributed by atoms with Gasteiger partial charge in [0.2, 0.25) is 11.8 Å². The van der Waals surface area contributed by atoms with Crippen LogP contribution in [0.25, 0.3) is 0 Å². The fourth-order valence-electron chi connectivity index (χ4n) is 2.34. The van der Waals surface area contributed by atoms with Gasteiger partial charge in [-0.15, -0.1) is 0 Å². The van der Waals surface area contributed by atoms with Crippen LogP contribution in [0.15, 0.2) is 24.3 Å². The molecule has 0 radical (unpaired) electrons. The molecule has 20 heavy (non-hydrogen) atoms. The standard InChI is InChI=1S/C15H19ClN2O2/c1-10(2)18-9-12(7-14(18)19)15(20)17-8-11-3-5-13(16)6-4-11/h3-6,10,12H,7-9H2,1-2H3,(H,17,20)/t12-/m0/s1. The summed E-state index contributed by atoms with van der Waals surface area (Å²) in [5.74, 6) is -0.236. The Morgan fingerprint density at radius 2 is 2.05 bits per heavy atom.